The molecule has 3 rings (SSSR count). The Bertz CT molecular complexity index is 758. The van der Waals surface area contributed by atoms with Crippen LogP contribution in [0.1, 0.15) is 27.2 Å². The van der Waals surface area contributed by atoms with E-state index in [0.717, 1.165) is 28.9 Å². The number of thioether (sulfide) groups is 1. The van der Waals surface area contributed by atoms with Crippen molar-refractivity contribution >= 4 is 39.8 Å². The molecule has 1 saturated heterocycles. The number of amides is 1. The zero-order valence-corrected chi connectivity index (χ0v) is 17.6. The first-order valence-electron chi connectivity index (χ1n) is 9.28. The van der Waals surface area contributed by atoms with Crippen LogP contribution in [-0.4, -0.2) is 46.5 Å². The van der Waals surface area contributed by atoms with E-state index in [2.05, 4.69) is 29.4 Å². The third-order valence-electron chi connectivity index (χ3n) is 4.38. The van der Waals surface area contributed by atoms with Gasteiger partial charge in [-0.2, -0.15) is 0 Å². The Morgan fingerprint density at radius 2 is 2.04 bits per heavy atom. The van der Waals surface area contributed by atoms with Crippen molar-refractivity contribution in [2.75, 3.05) is 30.8 Å². The summed E-state index contributed by atoms with van der Waals surface area (Å²) in [5, 5.41) is 12.3. The van der Waals surface area contributed by atoms with Gasteiger partial charge in [0.25, 0.3) is 0 Å². The van der Waals surface area contributed by atoms with Gasteiger partial charge in [0.15, 0.2) is 4.34 Å². The third kappa shape index (κ3) is 5.59. The van der Waals surface area contributed by atoms with Crippen molar-refractivity contribution in [1.29, 1.82) is 0 Å². The van der Waals surface area contributed by atoms with Gasteiger partial charge < -0.3 is 15.0 Å². The van der Waals surface area contributed by atoms with Gasteiger partial charge in [-0.15, -0.1) is 10.2 Å². The number of carbonyl (C=O) groups is 1. The zero-order valence-electron chi connectivity index (χ0n) is 16.0. The molecule has 27 heavy (non-hydrogen) atoms. The van der Waals surface area contributed by atoms with Crippen LogP contribution >= 0.6 is 23.1 Å². The van der Waals surface area contributed by atoms with Crippen LogP contribution in [0.25, 0.3) is 0 Å². The van der Waals surface area contributed by atoms with Gasteiger partial charge in [-0.05, 0) is 37.3 Å². The van der Waals surface area contributed by atoms with E-state index in [4.69, 9.17) is 4.74 Å². The molecule has 0 radical (unpaired) electrons. The Morgan fingerprint density at radius 1 is 1.30 bits per heavy atom. The lowest BCUT2D eigenvalue weighted by Crippen LogP contribution is -2.43. The number of likely N-dealkylation sites (tertiary alicyclic amines) is 1. The molecule has 6 nitrogen and oxygen atoms in total. The summed E-state index contributed by atoms with van der Waals surface area (Å²) >= 11 is 2.90. The van der Waals surface area contributed by atoms with Crippen molar-refractivity contribution in [3.63, 3.8) is 0 Å². The number of rotatable bonds is 7. The monoisotopic (exact) mass is 406 g/mol. The summed E-state index contributed by atoms with van der Waals surface area (Å²) in [5.74, 6) is 2.53. The predicted octanol–water partition coefficient (Wildman–Crippen LogP) is 4.28. The summed E-state index contributed by atoms with van der Waals surface area (Å²) in [6.07, 6.45) is 1.20. The second kappa shape index (κ2) is 9.41. The van der Waals surface area contributed by atoms with E-state index in [1.54, 1.807) is 0 Å². The topological polar surface area (TPSA) is 67.3 Å². The fourth-order valence-electron chi connectivity index (χ4n) is 3.37. The molecule has 0 aliphatic carbocycles. The van der Waals surface area contributed by atoms with E-state index in [-0.39, 0.29) is 5.91 Å². The van der Waals surface area contributed by atoms with Gasteiger partial charge in [-0.1, -0.05) is 49.1 Å². The minimum absolute atomic E-state index is 0.185. The predicted molar refractivity (Wildman–Crippen MR) is 111 cm³/mol. The number of hydrogen-bond donors (Lipinski definition) is 1. The van der Waals surface area contributed by atoms with Crippen LogP contribution in [0.4, 0.5) is 10.8 Å². The number of para-hydroxylation sites is 2. The summed E-state index contributed by atoms with van der Waals surface area (Å²) in [6, 6.07) is 7.75. The summed E-state index contributed by atoms with van der Waals surface area (Å²) in [5.41, 5.74) is 0.861. The largest absolute Gasteiger partial charge is 0.492 e. The Morgan fingerprint density at radius 3 is 2.78 bits per heavy atom. The third-order valence-corrected chi connectivity index (χ3v) is 6.33. The van der Waals surface area contributed by atoms with Crippen LogP contribution in [-0.2, 0) is 4.79 Å². The van der Waals surface area contributed by atoms with E-state index in [1.807, 2.05) is 36.1 Å². The lowest BCUT2D eigenvalue weighted by Gasteiger charge is -2.34. The number of anilines is 2. The lowest BCUT2D eigenvalue weighted by molar-refractivity contribution is -0.130. The molecule has 0 bridgehead atoms. The van der Waals surface area contributed by atoms with Gasteiger partial charge in [-0.25, -0.2) is 0 Å². The molecule has 0 saturated carbocycles. The average Bonchev–Trinajstić information content (AvgIpc) is 3.08. The van der Waals surface area contributed by atoms with Crippen molar-refractivity contribution < 1.29 is 9.53 Å². The van der Waals surface area contributed by atoms with Gasteiger partial charge in [0, 0.05) is 13.1 Å². The molecular formula is C19H26N4O2S2. The zero-order chi connectivity index (χ0) is 19.2. The van der Waals surface area contributed by atoms with Crippen LogP contribution in [0.5, 0.6) is 5.75 Å². The molecule has 1 aromatic carbocycles. The molecular weight excluding hydrogens is 380 g/mol. The van der Waals surface area contributed by atoms with Gasteiger partial charge >= 0.3 is 0 Å². The van der Waals surface area contributed by atoms with Crippen LogP contribution in [0.15, 0.2) is 28.6 Å². The number of benzene rings is 1. The number of carbonyl (C=O) groups excluding carboxylic acids is 1. The second-order valence-electron chi connectivity index (χ2n) is 6.96. The SMILES string of the molecule is CCOc1ccccc1Nc1nnc(SCC(=O)N2C[C@H](C)C[C@@H](C)C2)s1. The van der Waals surface area contributed by atoms with Crippen LogP contribution in [0.3, 0.4) is 0 Å². The maximum absolute atomic E-state index is 12.5. The van der Waals surface area contributed by atoms with E-state index in [9.17, 15) is 4.79 Å². The summed E-state index contributed by atoms with van der Waals surface area (Å²) in [7, 11) is 0. The molecule has 2 aromatic rings. The number of aromatic nitrogens is 2. The number of ether oxygens (including phenoxy) is 1. The highest BCUT2D eigenvalue weighted by atomic mass is 32.2. The summed E-state index contributed by atoms with van der Waals surface area (Å²) < 4.78 is 6.41. The van der Waals surface area contributed by atoms with Crippen LogP contribution in [0, 0.1) is 11.8 Å². The molecule has 1 aliphatic rings. The van der Waals surface area contributed by atoms with Crippen molar-refractivity contribution in [1.82, 2.24) is 15.1 Å². The highest BCUT2D eigenvalue weighted by Crippen LogP contribution is 2.32. The van der Waals surface area contributed by atoms with Crippen LogP contribution in [0.2, 0.25) is 0 Å². The quantitative estimate of drug-likeness (QED) is 0.693. The average molecular weight is 407 g/mol. The standard InChI is InChI=1S/C19H26N4O2S2/c1-4-25-16-8-6-5-7-15(16)20-18-21-22-19(27-18)26-12-17(24)23-10-13(2)9-14(3)11-23/h5-8,13-14H,4,9-12H2,1-3H3,(H,20,21)/t13-,14-/m1/s1. The molecule has 1 aliphatic heterocycles. The van der Waals surface area contributed by atoms with Crippen molar-refractivity contribution in [2.45, 2.75) is 31.5 Å². The highest BCUT2D eigenvalue weighted by Gasteiger charge is 2.25. The highest BCUT2D eigenvalue weighted by molar-refractivity contribution is 8.01. The lowest BCUT2D eigenvalue weighted by atomic mass is 9.92. The van der Waals surface area contributed by atoms with Gasteiger partial charge in [0.05, 0.1) is 18.0 Å². The van der Waals surface area contributed by atoms with E-state index in [0.29, 0.717) is 29.3 Å². The number of hydrogen-bond acceptors (Lipinski definition) is 7. The maximum atomic E-state index is 12.5. The van der Waals surface area contributed by atoms with E-state index < -0.39 is 0 Å². The van der Waals surface area contributed by atoms with Gasteiger partial charge in [0.2, 0.25) is 11.0 Å². The fourth-order valence-corrected chi connectivity index (χ4v) is 5.03. The van der Waals surface area contributed by atoms with Crippen molar-refractivity contribution in [3.8, 4) is 5.75 Å². The minimum Gasteiger partial charge on any atom is -0.492 e. The van der Waals surface area contributed by atoms with Crippen molar-refractivity contribution in [2.24, 2.45) is 11.8 Å². The number of nitrogens with zero attached hydrogens (tertiary/aromatic N) is 3. The Kier molecular flexibility index (Phi) is 6.95. The molecule has 2 atom stereocenters. The molecule has 1 N–H and O–H groups in total. The summed E-state index contributed by atoms with van der Waals surface area (Å²) in [6.45, 7) is 8.71. The Hall–Kier alpha value is -1.80. The van der Waals surface area contributed by atoms with E-state index in [1.165, 1.54) is 29.5 Å². The smallest absolute Gasteiger partial charge is 0.233 e. The van der Waals surface area contributed by atoms with Gasteiger partial charge in [0.1, 0.15) is 5.75 Å². The Labute approximate surface area is 168 Å². The molecule has 146 valence electrons. The molecule has 2 heterocycles. The first-order chi connectivity index (χ1) is 13.0. The summed E-state index contributed by atoms with van der Waals surface area (Å²) in [4.78, 5) is 14.5. The maximum Gasteiger partial charge on any atom is 0.233 e. The first-order valence-corrected chi connectivity index (χ1v) is 11.1. The fraction of sp³-hybridized carbons (Fsp3) is 0.526. The number of nitrogens with one attached hydrogen (secondary N) is 1. The first kappa shape index (κ1) is 19.9. The van der Waals surface area contributed by atoms with E-state index >= 15 is 0 Å². The van der Waals surface area contributed by atoms with Crippen molar-refractivity contribution in [3.05, 3.63) is 24.3 Å². The molecule has 1 amide bonds. The molecule has 1 aromatic heterocycles. The minimum atomic E-state index is 0.185. The molecule has 1 fully saturated rings. The Balaban J connectivity index is 1.55. The molecule has 0 spiro atoms. The molecule has 8 heteroatoms. The number of piperidine rings is 1. The van der Waals surface area contributed by atoms with Crippen LogP contribution < -0.4 is 10.1 Å². The normalized spacial score (nSPS) is 19.7. The van der Waals surface area contributed by atoms with Gasteiger partial charge in [-0.3, -0.25) is 4.79 Å². The molecule has 0 unspecified atom stereocenters. The second-order valence-corrected chi connectivity index (χ2v) is 9.16.